The van der Waals surface area contributed by atoms with Gasteiger partial charge < -0.3 is 20.1 Å². The van der Waals surface area contributed by atoms with Gasteiger partial charge in [0.05, 0.1) is 7.11 Å². The van der Waals surface area contributed by atoms with Gasteiger partial charge >= 0.3 is 18.0 Å². The van der Waals surface area contributed by atoms with Gasteiger partial charge in [-0.05, 0) is 24.7 Å². The molecule has 1 aliphatic heterocycles. The molecular weight excluding hydrogens is 276 g/mol. The largest absolute Gasteiger partial charge is 0.481 e. The van der Waals surface area contributed by atoms with Crippen LogP contribution in [0.15, 0.2) is 0 Å². The fraction of sp³-hybridized carbons (Fsp3) is 0.786. The maximum absolute atomic E-state index is 12.2. The molecular formula is C14H24N2O5. The van der Waals surface area contributed by atoms with Gasteiger partial charge in [0, 0.05) is 19.5 Å². The van der Waals surface area contributed by atoms with Crippen LogP contribution in [0.1, 0.15) is 33.1 Å². The number of rotatable bonds is 5. The zero-order chi connectivity index (χ0) is 16.0. The normalized spacial score (nSPS) is 17.4. The number of urea groups is 1. The molecule has 7 heteroatoms. The van der Waals surface area contributed by atoms with Crippen molar-refractivity contribution in [2.24, 2.45) is 11.8 Å². The summed E-state index contributed by atoms with van der Waals surface area (Å²) in [6.07, 6.45) is 1.49. The summed E-state index contributed by atoms with van der Waals surface area (Å²) in [6.45, 7) is 4.69. The molecule has 1 aliphatic rings. The standard InChI is InChI=1S/C14H24N2O5/c1-9(2)12(13(19)21-3)15-14(20)16-6-4-10(5-7-16)8-11(17)18/h9-10,12H,4-8H2,1-3H3,(H,15,20)(H,17,18). The summed E-state index contributed by atoms with van der Waals surface area (Å²) in [5, 5.41) is 11.5. The molecule has 1 heterocycles. The van der Waals surface area contributed by atoms with E-state index >= 15 is 0 Å². The fourth-order valence-corrected chi connectivity index (χ4v) is 2.44. The molecule has 2 amide bonds. The number of methoxy groups -OCH3 is 1. The van der Waals surface area contributed by atoms with E-state index in [2.05, 4.69) is 10.1 Å². The predicted octanol–water partition coefficient (Wildman–Crippen LogP) is 1.08. The molecule has 1 fully saturated rings. The Labute approximate surface area is 124 Å². The highest BCUT2D eigenvalue weighted by atomic mass is 16.5. The van der Waals surface area contributed by atoms with Crippen LogP contribution < -0.4 is 5.32 Å². The third-order valence-electron chi connectivity index (χ3n) is 3.77. The highest BCUT2D eigenvalue weighted by Crippen LogP contribution is 2.20. The van der Waals surface area contributed by atoms with Gasteiger partial charge in [-0.2, -0.15) is 0 Å². The summed E-state index contributed by atoms with van der Waals surface area (Å²) in [4.78, 5) is 36.1. The van der Waals surface area contributed by atoms with Gasteiger partial charge in [-0.3, -0.25) is 4.79 Å². The molecule has 0 aromatic heterocycles. The van der Waals surface area contributed by atoms with Crippen molar-refractivity contribution in [1.29, 1.82) is 0 Å². The predicted molar refractivity (Wildman–Crippen MR) is 75.7 cm³/mol. The fourth-order valence-electron chi connectivity index (χ4n) is 2.44. The number of ether oxygens (including phenoxy) is 1. The molecule has 1 atom stereocenters. The third-order valence-corrected chi connectivity index (χ3v) is 3.77. The second-order valence-corrected chi connectivity index (χ2v) is 5.72. The van der Waals surface area contributed by atoms with Crippen LogP contribution in [-0.2, 0) is 14.3 Å². The lowest BCUT2D eigenvalue weighted by Crippen LogP contribution is -2.52. The summed E-state index contributed by atoms with van der Waals surface area (Å²) < 4.78 is 4.69. The molecule has 0 radical (unpaired) electrons. The average Bonchev–Trinajstić information content (AvgIpc) is 2.43. The number of piperidine rings is 1. The number of nitrogens with one attached hydrogen (secondary N) is 1. The second kappa shape index (κ2) is 7.85. The lowest BCUT2D eigenvalue weighted by molar-refractivity contribution is -0.144. The molecule has 1 saturated heterocycles. The number of hydrogen-bond donors (Lipinski definition) is 2. The van der Waals surface area contributed by atoms with Crippen LogP contribution in [0.4, 0.5) is 4.79 Å². The number of amides is 2. The van der Waals surface area contributed by atoms with Crippen LogP contribution in [0, 0.1) is 11.8 Å². The van der Waals surface area contributed by atoms with Crippen molar-refractivity contribution in [3.63, 3.8) is 0 Å². The van der Waals surface area contributed by atoms with Crippen molar-refractivity contribution in [3.05, 3.63) is 0 Å². The first-order chi connectivity index (χ1) is 9.85. The van der Waals surface area contributed by atoms with Gasteiger partial charge in [-0.1, -0.05) is 13.8 Å². The molecule has 7 nitrogen and oxygen atoms in total. The first-order valence-corrected chi connectivity index (χ1v) is 7.20. The smallest absolute Gasteiger partial charge is 0.328 e. The number of nitrogens with zero attached hydrogens (tertiary/aromatic N) is 1. The molecule has 0 bridgehead atoms. The van der Waals surface area contributed by atoms with Crippen molar-refractivity contribution in [2.75, 3.05) is 20.2 Å². The van der Waals surface area contributed by atoms with Gasteiger partial charge in [-0.15, -0.1) is 0 Å². The van der Waals surface area contributed by atoms with Gasteiger partial charge in [0.2, 0.25) is 0 Å². The topological polar surface area (TPSA) is 95.9 Å². The Balaban J connectivity index is 2.49. The van der Waals surface area contributed by atoms with Crippen LogP contribution in [0.2, 0.25) is 0 Å². The van der Waals surface area contributed by atoms with Gasteiger partial charge in [-0.25, -0.2) is 9.59 Å². The van der Waals surface area contributed by atoms with Crippen LogP contribution >= 0.6 is 0 Å². The Hall–Kier alpha value is -1.79. The van der Waals surface area contributed by atoms with Gasteiger partial charge in [0.15, 0.2) is 0 Å². The molecule has 21 heavy (non-hydrogen) atoms. The maximum Gasteiger partial charge on any atom is 0.328 e. The average molecular weight is 300 g/mol. The number of carbonyl (C=O) groups is 3. The summed E-state index contributed by atoms with van der Waals surface area (Å²) in [7, 11) is 1.29. The molecule has 0 saturated carbocycles. The van der Waals surface area contributed by atoms with Crippen LogP contribution in [0.5, 0.6) is 0 Å². The molecule has 2 N–H and O–H groups in total. The highest BCUT2D eigenvalue weighted by molar-refractivity contribution is 5.83. The van der Waals surface area contributed by atoms with Gasteiger partial charge in [0.25, 0.3) is 0 Å². The Morgan fingerprint density at radius 3 is 2.29 bits per heavy atom. The van der Waals surface area contributed by atoms with E-state index in [0.717, 1.165) is 0 Å². The summed E-state index contributed by atoms with van der Waals surface area (Å²) in [5.41, 5.74) is 0. The van der Waals surface area contributed by atoms with E-state index in [9.17, 15) is 14.4 Å². The van der Waals surface area contributed by atoms with Crippen LogP contribution in [0.3, 0.4) is 0 Å². The zero-order valence-electron chi connectivity index (χ0n) is 12.8. The number of carboxylic acid groups (broad SMARTS) is 1. The molecule has 0 aromatic rings. The summed E-state index contributed by atoms with van der Waals surface area (Å²) in [6, 6.07) is -0.966. The number of aliphatic carboxylic acids is 1. The van der Waals surface area contributed by atoms with Crippen molar-refractivity contribution < 1.29 is 24.2 Å². The molecule has 120 valence electrons. The van der Waals surface area contributed by atoms with Gasteiger partial charge in [0.1, 0.15) is 6.04 Å². The Bertz CT molecular complexity index is 389. The maximum atomic E-state index is 12.2. The number of likely N-dealkylation sites (tertiary alicyclic amines) is 1. The van der Waals surface area contributed by atoms with E-state index in [4.69, 9.17) is 5.11 Å². The van der Waals surface area contributed by atoms with Crippen molar-refractivity contribution >= 4 is 18.0 Å². The highest BCUT2D eigenvalue weighted by Gasteiger charge is 2.29. The molecule has 0 aliphatic carbocycles. The first-order valence-electron chi connectivity index (χ1n) is 7.20. The van der Waals surface area contributed by atoms with Crippen molar-refractivity contribution in [2.45, 2.75) is 39.2 Å². The van der Waals surface area contributed by atoms with Crippen molar-refractivity contribution in [3.8, 4) is 0 Å². The zero-order valence-corrected chi connectivity index (χ0v) is 12.8. The first kappa shape index (κ1) is 17.3. The quantitative estimate of drug-likeness (QED) is 0.741. The lowest BCUT2D eigenvalue weighted by atomic mass is 9.94. The van der Waals surface area contributed by atoms with Crippen LogP contribution in [-0.4, -0.2) is 54.2 Å². The SMILES string of the molecule is COC(=O)C(NC(=O)N1CCC(CC(=O)O)CC1)C(C)C. The summed E-state index contributed by atoms with van der Waals surface area (Å²) >= 11 is 0. The number of hydrogen-bond acceptors (Lipinski definition) is 4. The molecule has 1 unspecified atom stereocenters. The molecule has 0 aromatic carbocycles. The molecule has 0 spiro atoms. The van der Waals surface area contributed by atoms with E-state index in [0.29, 0.717) is 25.9 Å². The Kier molecular flexibility index (Phi) is 6.45. The third kappa shape index (κ3) is 5.24. The van der Waals surface area contributed by atoms with E-state index < -0.39 is 18.0 Å². The minimum Gasteiger partial charge on any atom is -0.481 e. The van der Waals surface area contributed by atoms with Crippen molar-refractivity contribution in [1.82, 2.24) is 10.2 Å². The number of carbonyl (C=O) groups excluding carboxylic acids is 2. The minimum absolute atomic E-state index is 0.0639. The van der Waals surface area contributed by atoms with E-state index in [1.54, 1.807) is 4.90 Å². The lowest BCUT2D eigenvalue weighted by Gasteiger charge is -2.32. The Morgan fingerprint density at radius 2 is 1.86 bits per heavy atom. The summed E-state index contributed by atoms with van der Waals surface area (Å²) in [5.74, 6) is -1.21. The van der Waals surface area contributed by atoms with E-state index in [1.165, 1.54) is 7.11 Å². The van der Waals surface area contributed by atoms with E-state index in [-0.39, 0.29) is 24.3 Å². The number of carboxylic acids is 1. The second-order valence-electron chi connectivity index (χ2n) is 5.72. The number of esters is 1. The van der Waals surface area contributed by atoms with Crippen LogP contribution in [0.25, 0.3) is 0 Å². The minimum atomic E-state index is -0.802. The molecule has 1 rings (SSSR count). The monoisotopic (exact) mass is 300 g/mol. The van der Waals surface area contributed by atoms with E-state index in [1.807, 2.05) is 13.8 Å². The Morgan fingerprint density at radius 1 is 1.29 bits per heavy atom.